The van der Waals surface area contributed by atoms with Crippen LogP contribution in [0, 0.1) is 13.8 Å². The third kappa shape index (κ3) is 3.43. The summed E-state index contributed by atoms with van der Waals surface area (Å²) in [5.74, 6) is 0.148. The lowest BCUT2D eigenvalue weighted by atomic mass is 10.1. The summed E-state index contributed by atoms with van der Waals surface area (Å²) in [6.45, 7) is 5.08. The van der Waals surface area contributed by atoms with Crippen LogP contribution in [-0.2, 0) is 12.7 Å². The molecule has 0 saturated heterocycles. The van der Waals surface area contributed by atoms with Gasteiger partial charge in [0.15, 0.2) is 0 Å². The molecule has 0 unspecified atom stereocenters. The molecule has 0 aliphatic carbocycles. The highest BCUT2D eigenvalue weighted by Gasteiger charge is 2.30. The number of carbonyl (C=O) groups is 1. The molecule has 4 rings (SSSR count). The molecule has 0 saturated carbocycles. The highest BCUT2D eigenvalue weighted by Crippen LogP contribution is 2.33. The highest BCUT2D eigenvalue weighted by molar-refractivity contribution is 5.97. The van der Waals surface area contributed by atoms with Crippen molar-refractivity contribution in [3.05, 3.63) is 59.0 Å². The lowest BCUT2D eigenvalue weighted by Gasteiger charge is -2.17. The number of nitrogens with one attached hydrogen (secondary N) is 2. The van der Waals surface area contributed by atoms with Crippen molar-refractivity contribution < 1.29 is 18.0 Å². The quantitative estimate of drug-likeness (QED) is 0.694. The molecule has 2 aromatic heterocycles. The Bertz CT molecular complexity index is 1090. The number of rotatable bonds is 3. The van der Waals surface area contributed by atoms with Crippen molar-refractivity contribution in [1.82, 2.24) is 19.9 Å². The summed E-state index contributed by atoms with van der Waals surface area (Å²) in [5, 5.41) is 5.77. The van der Waals surface area contributed by atoms with Gasteiger partial charge in [-0.1, -0.05) is 0 Å². The van der Waals surface area contributed by atoms with Crippen LogP contribution in [0.2, 0.25) is 0 Å². The molecule has 29 heavy (non-hydrogen) atoms. The zero-order valence-corrected chi connectivity index (χ0v) is 15.8. The molecule has 0 radical (unpaired) electrons. The number of alkyl halides is 3. The average Bonchev–Trinajstić information content (AvgIpc) is 2.93. The maximum Gasteiger partial charge on any atom is 0.416 e. The Hall–Kier alpha value is -3.36. The molecular weight excluding hydrogens is 383 g/mol. The molecule has 1 amide bonds. The van der Waals surface area contributed by atoms with Crippen LogP contribution in [0.4, 0.5) is 24.8 Å². The van der Waals surface area contributed by atoms with Crippen molar-refractivity contribution in [2.24, 2.45) is 0 Å². The summed E-state index contributed by atoms with van der Waals surface area (Å²) in [4.78, 5) is 20.9. The van der Waals surface area contributed by atoms with E-state index in [4.69, 9.17) is 0 Å². The molecule has 3 aromatic rings. The van der Waals surface area contributed by atoms with Gasteiger partial charge in [-0.15, -0.1) is 0 Å². The van der Waals surface area contributed by atoms with Gasteiger partial charge in [-0.2, -0.15) is 13.2 Å². The molecule has 1 aromatic carbocycles. The van der Waals surface area contributed by atoms with Crippen LogP contribution in [-0.4, -0.2) is 27.0 Å². The number of anilines is 2. The fourth-order valence-electron chi connectivity index (χ4n) is 3.64. The summed E-state index contributed by atoms with van der Waals surface area (Å²) in [6, 6.07) is 6.41. The molecule has 150 valence electrons. The number of hydrogen-bond acceptors (Lipinski definition) is 4. The topological polar surface area (TPSA) is 71.8 Å². The number of fused-ring (bicyclic) bond motifs is 1. The molecule has 1 aliphatic heterocycles. The minimum atomic E-state index is -4.38. The van der Waals surface area contributed by atoms with E-state index in [1.54, 1.807) is 12.3 Å². The average molecular weight is 401 g/mol. The van der Waals surface area contributed by atoms with Crippen molar-refractivity contribution >= 4 is 17.5 Å². The standard InChI is InChI=1S/C20H18F3N5O/c1-11-16(12(2)28-10-9-24-18(29)17(11)28)15-7-8-25-19(27-15)26-14-5-3-13(4-6-14)20(21,22)23/h3-8H,9-10H2,1-2H3,(H,24,29)(H,25,26,27). The first kappa shape index (κ1) is 19.0. The predicted molar refractivity (Wildman–Crippen MR) is 102 cm³/mol. The van der Waals surface area contributed by atoms with E-state index in [0.717, 1.165) is 29.0 Å². The molecule has 2 N–H and O–H groups in total. The first-order chi connectivity index (χ1) is 13.8. The largest absolute Gasteiger partial charge is 0.416 e. The zero-order valence-electron chi connectivity index (χ0n) is 15.8. The lowest BCUT2D eigenvalue weighted by molar-refractivity contribution is -0.137. The molecule has 1 aliphatic rings. The Morgan fingerprint density at radius 2 is 1.86 bits per heavy atom. The Balaban J connectivity index is 1.66. The van der Waals surface area contributed by atoms with E-state index in [1.165, 1.54) is 12.1 Å². The fourth-order valence-corrected chi connectivity index (χ4v) is 3.64. The number of nitrogens with zero attached hydrogens (tertiary/aromatic N) is 3. The van der Waals surface area contributed by atoms with Gasteiger partial charge in [-0.3, -0.25) is 4.79 Å². The molecule has 0 bridgehead atoms. The van der Waals surface area contributed by atoms with Gasteiger partial charge in [0, 0.05) is 36.2 Å². The Kier molecular flexibility index (Phi) is 4.52. The molecular formula is C20H18F3N5O. The Labute approximate surface area is 164 Å². The maximum absolute atomic E-state index is 12.7. The SMILES string of the molecule is Cc1c(-c2ccnc(Nc3ccc(C(F)(F)F)cc3)n2)c(C)n2c1C(=O)NCC2. The van der Waals surface area contributed by atoms with Gasteiger partial charge < -0.3 is 15.2 Å². The lowest BCUT2D eigenvalue weighted by Crippen LogP contribution is -2.35. The van der Waals surface area contributed by atoms with Gasteiger partial charge in [0.1, 0.15) is 5.69 Å². The summed E-state index contributed by atoms with van der Waals surface area (Å²) in [7, 11) is 0. The van der Waals surface area contributed by atoms with Crippen LogP contribution in [0.1, 0.15) is 27.3 Å². The number of carbonyl (C=O) groups excluding carboxylic acids is 1. The first-order valence-corrected chi connectivity index (χ1v) is 9.01. The molecule has 9 heteroatoms. The van der Waals surface area contributed by atoms with E-state index in [2.05, 4.69) is 20.6 Å². The normalized spacial score (nSPS) is 13.8. The smallest absolute Gasteiger partial charge is 0.349 e. The van der Waals surface area contributed by atoms with Crippen molar-refractivity contribution in [2.45, 2.75) is 26.6 Å². The Morgan fingerprint density at radius 1 is 1.14 bits per heavy atom. The minimum absolute atomic E-state index is 0.111. The second-order valence-electron chi connectivity index (χ2n) is 6.81. The van der Waals surface area contributed by atoms with E-state index in [1.807, 2.05) is 18.4 Å². The second kappa shape index (κ2) is 6.91. The number of benzene rings is 1. The number of amides is 1. The summed E-state index contributed by atoms with van der Waals surface area (Å²) in [5.41, 5.74) is 3.61. The molecule has 0 spiro atoms. The summed E-state index contributed by atoms with van der Waals surface area (Å²) < 4.78 is 40.1. The second-order valence-corrected chi connectivity index (χ2v) is 6.81. The summed E-state index contributed by atoms with van der Waals surface area (Å²) in [6.07, 6.45) is -2.81. The van der Waals surface area contributed by atoms with Crippen LogP contribution < -0.4 is 10.6 Å². The number of halogens is 3. The first-order valence-electron chi connectivity index (χ1n) is 9.01. The number of hydrogen-bond donors (Lipinski definition) is 2. The van der Waals surface area contributed by atoms with Crippen LogP contribution in [0.3, 0.4) is 0 Å². The third-order valence-corrected chi connectivity index (χ3v) is 4.98. The number of aromatic nitrogens is 3. The van der Waals surface area contributed by atoms with Gasteiger partial charge in [-0.25, -0.2) is 9.97 Å². The van der Waals surface area contributed by atoms with Crippen molar-refractivity contribution in [1.29, 1.82) is 0 Å². The zero-order chi connectivity index (χ0) is 20.8. The van der Waals surface area contributed by atoms with Gasteiger partial charge >= 0.3 is 6.18 Å². The van der Waals surface area contributed by atoms with E-state index in [-0.39, 0.29) is 11.9 Å². The van der Waals surface area contributed by atoms with E-state index in [9.17, 15) is 18.0 Å². The van der Waals surface area contributed by atoms with Crippen molar-refractivity contribution in [3.8, 4) is 11.3 Å². The predicted octanol–water partition coefficient (Wildman–Crippen LogP) is 4.07. The fraction of sp³-hybridized carbons (Fsp3) is 0.250. The van der Waals surface area contributed by atoms with Crippen molar-refractivity contribution in [3.63, 3.8) is 0 Å². The van der Waals surface area contributed by atoms with Gasteiger partial charge in [0.2, 0.25) is 5.95 Å². The van der Waals surface area contributed by atoms with Gasteiger partial charge in [-0.05, 0) is 49.7 Å². The molecule has 6 nitrogen and oxygen atoms in total. The van der Waals surface area contributed by atoms with Gasteiger partial charge in [0.05, 0.1) is 11.3 Å². The van der Waals surface area contributed by atoms with E-state index >= 15 is 0 Å². The monoisotopic (exact) mass is 401 g/mol. The molecule has 0 fully saturated rings. The molecule has 3 heterocycles. The highest BCUT2D eigenvalue weighted by atomic mass is 19.4. The van der Waals surface area contributed by atoms with Gasteiger partial charge in [0.25, 0.3) is 5.91 Å². The van der Waals surface area contributed by atoms with E-state index < -0.39 is 11.7 Å². The minimum Gasteiger partial charge on any atom is -0.349 e. The summed E-state index contributed by atoms with van der Waals surface area (Å²) >= 11 is 0. The van der Waals surface area contributed by atoms with Crippen LogP contribution in [0.15, 0.2) is 36.5 Å². The molecule has 0 atom stereocenters. The van der Waals surface area contributed by atoms with Crippen LogP contribution in [0.5, 0.6) is 0 Å². The van der Waals surface area contributed by atoms with Crippen LogP contribution in [0.25, 0.3) is 11.3 Å². The van der Waals surface area contributed by atoms with Crippen molar-refractivity contribution in [2.75, 3.05) is 11.9 Å². The Morgan fingerprint density at radius 3 is 2.52 bits per heavy atom. The van der Waals surface area contributed by atoms with E-state index in [0.29, 0.717) is 30.2 Å². The van der Waals surface area contributed by atoms with Crippen LogP contribution >= 0.6 is 0 Å². The maximum atomic E-state index is 12.7. The third-order valence-electron chi connectivity index (χ3n) is 4.98.